The second kappa shape index (κ2) is 12.5. The van der Waals surface area contributed by atoms with E-state index in [2.05, 4.69) is 213 Å². The number of anilines is 4. The van der Waals surface area contributed by atoms with Crippen LogP contribution in [-0.2, 0) is 10.8 Å². The van der Waals surface area contributed by atoms with Crippen molar-refractivity contribution in [1.29, 1.82) is 0 Å². The Morgan fingerprint density at radius 2 is 0.852 bits per heavy atom. The first kappa shape index (κ1) is 32.0. The summed E-state index contributed by atoms with van der Waals surface area (Å²) >= 11 is 0. The van der Waals surface area contributed by atoms with Crippen LogP contribution in [-0.4, -0.2) is 0 Å². The zero-order chi connectivity index (χ0) is 36.3. The van der Waals surface area contributed by atoms with Crippen molar-refractivity contribution in [2.24, 2.45) is 0 Å². The summed E-state index contributed by atoms with van der Waals surface area (Å²) in [7, 11) is 0. The fourth-order valence-electron chi connectivity index (χ4n) is 9.16. The van der Waals surface area contributed by atoms with E-state index in [0.717, 1.165) is 22.7 Å². The molecule has 0 fully saturated rings. The normalized spacial score (nSPS) is 15.8. The fraction of sp³-hybridized carbons (Fsp3) is 0.0769. The molecule has 2 N–H and O–H groups in total. The number of nitrogens with one attached hydrogen (secondary N) is 2. The average molecular weight is 693 g/mol. The summed E-state index contributed by atoms with van der Waals surface area (Å²) in [5.74, 6) is 0. The van der Waals surface area contributed by atoms with Crippen LogP contribution in [0.4, 0.5) is 22.7 Å². The van der Waals surface area contributed by atoms with Gasteiger partial charge in [0.05, 0.1) is 5.41 Å². The van der Waals surface area contributed by atoms with Crippen molar-refractivity contribution in [2.45, 2.75) is 24.7 Å². The predicted molar refractivity (Wildman–Crippen MR) is 226 cm³/mol. The number of rotatable bonds is 7. The Labute approximate surface area is 317 Å². The molecule has 0 bridgehead atoms. The van der Waals surface area contributed by atoms with E-state index < -0.39 is 5.41 Å². The van der Waals surface area contributed by atoms with E-state index >= 15 is 0 Å². The van der Waals surface area contributed by atoms with Gasteiger partial charge in [-0.3, -0.25) is 0 Å². The van der Waals surface area contributed by atoms with Crippen LogP contribution in [0.25, 0.3) is 33.4 Å². The molecular formula is C52H40N2. The van der Waals surface area contributed by atoms with Gasteiger partial charge in [-0.25, -0.2) is 0 Å². The van der Waals surface area contributed by atoms with E-state index in [1.54, 1.807) is 0 Å². The van der Waals surface area contributed by atoms with Crippen LogP contribution in [0.3, 0.4) is 0 Å². The van der Waals surface area contributed by atoms with Crippen molar-refractivity contribution in [1.82, 2.24) is 0 Å². The summed E-state index contributed by atoms with van der Waals surface area (Å²) in [5, 5.41) is 7.36. The van der Waals surface area contributed by atoms with Crippen LogP contribution in [0.2, 0.25) is 0 Å². The lowest BCUT2D eigenvalue weighted by Crippen LogP contribution is -2.28. The molecule has 0 saturated carbocycles. The summed E-state index contributed by atoms with van der Waals surface area (Å²) in [6, 6.07) is 70.8. The Morgan fingerprint density at radius 1 is 0.315 bits per heavy atom. The van der Waals surface area contributed by atoms with Gasteiger partial charge < -0.3 is 10.6 Å². The Morgan fingerprint density at radius 3 is 1.63 bits per heavy atom. The summed E-state index contributed by atoms with van der Waals surface area (Å²) in [6.07, 6.45) is 0. The fourth-order valence-corrected chi connectivity index (χ4v) is 9.16. The number of hydrogen-bond donors (Lipinski definition) is 2. The lowest BCUT2D eigenvalue weighted by atomic mass is 9.67. The third kappa shape index (κ3) is 5.02. The van der Waals surface area contributed by atoms with Gasteiger partial charge in [-0.2, -0.15) is 0 Å². The highest BCUT2D eigenvalue weighted by Crippen LogP contribution is 2.57. The Bertz CT molecular complexity index is 2670. The largest absolute Gasteiger partial charge is 0.356 e. The maximum absolute atomic E-state index is 3.73. The highest BCUT2D eigenvalue weighted by Gasteiger charge is 2.46. The van der Waals surface area contributed by atoms with E-state index in [-0.39, 0.29) is 5.41 Å². The van der Waals surface area contributed by atoms with E-state index in [0.29, 0.717) is 0 Å². The van der Waals surface area contributed by atoms with Crippen LogP contribution in [0.1, 0.15) is 47.2 Å². The Kier molecular flexibility index (Phi) is 7.42. The second-order valence-corrected chi connectivity index (χ2v) is 15.1. The summed E-state index contributed by atoms with van der Waals surface area (Å²) < 4.78 is 0. The van der Waals surface area contributed by atoms with Gasteiger partial charge in [0.25, 0.3) is 0 Å². The standard InChI is InChI=1S/C52H40N2/c1-51(2)47-22-11-9-20-43(47)45-30-28-42(34-50(45)51)54-40-19-13-14-36(32-40)35-24-26-38(27-25-35)52(37-15-5-3-6-16-37)48-23-12-10-21-44(48)46-33-41(29-31-49(46)52)53-39-17-7-4-8-18-39/h3-34,53-54H,1-2H3. The predicted octanol–water partition coefficient (Wildman–Crippen LogP) is 13.5. The zero-order valence-corrected chi connectivity index (χ0v) is 30.5. The van der Waals surface area contributed by atoms with Crippen molar-refractivity contribution < 1.29 is 0 Å². The lowest BCUT2D eigenvalue weighted by Gasteiger charge is -2.34. The molecule has 0 saturated heterocycles. The van der Waals surface area contributed by atoms with Crippen molar-refractivity contribution >= 4 is 22.7 Å². The smallest absolute Gasteiger partial charge is 0.0713 e. The molecule has 54 heavy (non-hydrogen) atoms. The highest BCUT2D eigenvalue weighted by molar-refractivity contribution is 5.89. The highest BCUT2D eigenvalue weighted by atomic mass is 14.9. The van der Waals surface area contributed by atoms with Gasteiger partial charge in [0.2, 0.25) is 0 Å². The first-order valence-corrected chi connectivity index (χ1v) is 18.8. The Balaban J connectivity index is 1.01. The molecule has 2 nitrogen and oxygen atoms in total. The quantitative estimate of drug-likeness (QED) is 0.174. The van der Waals surface area contributed by atoms with Gasteiger partial charge in [-0.1, -0.05) is 159 Å². The SMILES string of the molecule is CC1(C)c2ccccc2-c2ccc(Nc3cccc(-c4ccc(C5(c6ccccc6)c6ccccc6-c6cc(Nc7ccccc7)ccc65)cc4)c3)cc21. The molecule has 0 aliphatic heterocycles. The Hall–Kier alpha value is -6.64. The molecule has 0 heterocycles. The monoisotopic (exact) mass is 692 g/mol. The van der Waals surface area contributed by atoms with Crippen LogP contribution in [0, 0.1) is 0 Å². The van der Waals surface area contributed by atoms with E-state index in [1.165, 1.54) is 66.8 Å². The molecule has 0 aromatic heterocycles. The molecule has 0 amide bonds. The molecule has 0 radical (unpaired) electrons. The van der Waals surface area contributed by atoms with Gasteiger partial charge in [-0.15, -0.1) is 0 Å². The van der Waals surface area contributed by atoms with Crippen molar-refractivity contribution in [3.05, 3.63) is 228 Å². The molecule has 2 aliphatic carbocycles. The first-order valence-electron chi connectivity index (χ1n) is 18.8. The summed E-state index contributed by atoms with van der Waals surface area (Å²) in [5.41, 5.74) is 19.3. The molecule has 8 aromatic rings. The molecule has 2 aliphatic rings. The number of hydrogen-bond acceptors (Lipinski definition) is 2. The molecule has 1 unspecified atom stereocenters. The lowest BCUT2D eigenvalue weighted by molar-refractivity contribution is 0.660. The third-order valence-corrected chi connectivity index (χ3v) is 11.7. The van der Waals surface area contributed by atoms with Gasteiger partial charge in [-0.05, 0) is 115 Å². The summed E-state index contributed by atoms with van der Waals surface area (Å²) in [4.78, 5) is 0. The maximum Gasteiger partial charge on any atom is 0.0713 e. The minimum Gasteiger partial charge on any atom is -0.356 e. The zero-order valence-electron chi connectivity index (χ0n) is 30.5. The van der Waals surface area contributed by atoms with Crippen molar-refractivity contribution in [3.63, 3.8) is 0 Å². The molecular weight excluding hydrogens is 653 g/mol. The molecule has 258 valence electrons. The number of fused-ring (bicyclic) bond motifs is 6. The minimum absolute atomic E-state index is 0.0357. The van der Waals surface area contributed by atoms with E-state index in [9.17, 15) is 0 Å². The van der Waals surface area contributed by atoms with E-state index in [1.807, 2.05) is 6.07 Å². The molecule has 0 spiro atoms. The first-order chi connectivity index (χ1) is 26.5. The van der Waals surface area contributed by atoms with Crippen LogP contribution < -0.4 is 10.6 Å². The van der Waals surface area contributed by atoms with Crippen molar-refractivity contribution in [2.75, 3.05) is 10.6 Å². The van der Waals surface area contributed by atoms with Crippen molar-refractivity contribution in [3.8, 4) is 33.4 Å². The molecule has 10 rings (SSSR count). The molecule has 2 heteroatoms. The molecule has 1 atom stereocenters. The average Bonchev–Trinajstić information content (AvgIpc) is 3.64. The molecule has 8 aromatic carbocycles. The van der Waals surface area contributed by atoms with Crippen LogP contribution in [0.5, 0.6) is 0 Å². The second-order valence-electron chi connectivity index (χ2n) is 15.1. The maximum atomic E-state index is 3.73. The van der Waals surface area contributed by atoms with Crippen LogP contribution in [0.15, 0.2) is 194 Å². The van der Waals surface area contributed by atoms with Gasteiger partial charge >= 0.3 is 0 Å². The van der Waals surface area contributed by atoms with Gasteiger partial charge in [0, 0.05) is 28.2 Å². The number of benzene rings is 8. The van der Waals surface area contributed by atoms with Crippen LogP contribution >= 0.6 is 0 Å². The van der Waals surface area contributed by atoms with E-state index in [4.69, 9.17) is 0 Å². The van der Waals surface area contributed by atoms with Gasteiger partial charge in [0.15, 0.2) is 0 Å². The number of para-hydroxylation sites is 1. The summed E-state index contributed by atoms with van der Waals surface area (Å²) in [6.45, 7) is 4.66. The third-order valence-electron chi connectivity index (χ3n) is 11.7. The minimum atomic E-state index is -0.457. The van der Waals surface area contributed by atoms with Gasteiger partial charge in [0.1, 0.15) is 0 Å². The topological polar surface area (TPSA) is 24.1 Å².